The SMILES string of the molecule is C=C1CN(CCCCCC)[C@@H](C)[C@H]1NCCCCCC. The van der Waals surface area contributed by atoms with Crippen LogP contribution in [0.1, 0.15) is 72.1 Å². The Morgan fingerprint density at radius 2 is 1.70 bits per heavy atom. The highest BCUT2D eigenvalue weighted by Crippen LogP contribution is 2.22. The Balaban J connectivity index is 2.22. The third-order valence-corrected chi connectivity index (χ3v) is 4.60. The number of hydrogen-bond acceptors (Lipinski definition) is 2. The smallest absolute Gasteiger partial charge is 0.0444 e. The zero-order chi connectivity index (χ0) is 14.8. The predicted molar refractivity (Wildman–Crippen MR) is 90.2 cm³/mol. The van der Waals surface area contributed by atoms with Crippen LogP contribution in [-0.4, -0.2) is 36.6 Å². The predicted octanol–water partition coefficient (Wildman–Crippen LogP) is 4.37. The highest BCUT2D eigenvalue weighted by atomic mass is 15.2. The molecule has 1 aliphatic heterocycles. The van der Waals surface area contributed by atoms with Crippen LogP contribution in [0.15, 0.2) is 12.2 Å². The van der Waals surface area contributed by atoms with Gasteiger partial charge in [0.15, 0.2) is 0 Å². The van der Waals surface area contributed by atoms with E-state index in [9.17, 15) is 0 Å². The van der Waals surface area contributed by atoms with Crippen LogP contribution in [0.3, 0.4) is 0 Å². The summed E-state index contributed by atoms with van der Waals surface area (Å²) >= 11 is 0. The summed E-state index contributed by atoms with van der Waals surface area (Å²) < 4.78 is 0. The van der Waals surface area contributed by atoms with Gasteiger partial charge in [0, 0.05) is 18.6 Å². The van der Waals surface area contributed by atoms with E-state index >= 15 is 0 Å². The summed E-state index contributed by atoms with van der Waals surface area (Å²) in [7, 11) is 0. The highest BCUT2D eigenvalue weighted by molar-refractivity contribution is 5.18. The van der Waals surface area contributed by atoms with Crippen molar-refractivity contribution in [2.45, 2.75) is 84.2 Å². The molecule has 2 nitrogen and oxygen atoms in total. The quantitative estimate of drug-likeness (QED) is 0.447. The van der Waals surface area contributed by atoms with E-state index in [4.69, 9.17) is 0 Å². The van der Waals surface area contributed by atoms with Crippen molar-refractivity contribution in [1.82, 2.24) is 10.2 Å². The van der Waals surface area contributed by atoms with Crippen LogP contribution in [0.2, 0.25) is 0 Å². The number of likely N-dealkylation sites (tertiary alicyclic amines) is 1. The lowest BCUT2D eigenvalue weighted by molar-refractivity contribution is 0.244. The molecule has 2 heteroatoms. The van der Waals surface area contributed by atoms with Gasteiger partial charge in [-0.3, -0.25) is 4.90 Å². The molecule has 0 aromatic carbocycles. The molecule has 0 saturated carbocycles. The molecule has 1 fully saturated rings. The number of nitrogens with zero attached hydrogens (tertiary/aromatic N) is 1. The van der Waals surface area contributed by atoms with Crippen molar-refractivity contribution in [3.05, 3.63) is 12.2 Å². The van der Waals surface area contributed by atoms with Crippen molar-refractivity contribution in [2.24, 2.45) is 0 Å². The molecule has 20 heavy (non-hydrogen) atoms. The molecular weight excluding hydrogens is 244 g/mol. The fraction of sp³-hybridized carbons (Fsp3) is 0.889. The first-order valence-corrected chi connectivity index (χ1v) is 8.85. The zero-order valence-electron chi connectivity index (χ0n) is 14.1. The van der Waals surface area contributed by atoms with E-state index in [-0.39, 0.29) is 0 Å². The molecule has 0 bridgehead atoms. The van der Waals surface area contributed by atoms with E-state index in [0.717, 1.165) is 13.1 Å². The van der Waals surface area contributed by atoms with E-state index in [1.165, 1.54) is 63.5 Å². The van der Waals surface area contributed by atoms with Gasteiger partial charge in [0.25, 0.3) is 0 Å². The van der Waals surface area contributed by atoms with Crippen LogP contribution in [0.4, 0.5) is 0 Å². The van der Waals surface area contributed by atoms with E-state index in [1.807, 2.05) is 0 Å². The van der Waals surface area contributed by atoms with E-state index in [2.05, 4.69) is 37.6 Å². The minimum Gasteiger partial charge on any atom is -0.309 e. The van der Waals surface area contributed by atoms with Crippen molar-refractivity contribution in [2.75, 3.05) is 19.6 Å². The maximum Gasteiger partial charge on any atom is 0.0444 e. The maximum atomic E-state index is 4.29. The second-order valence-electron chi connectivity index (χ2n) is 6.42. The van der Waals surface area contributed by atoms with E-state index < -0.39 is 0 Å². The van der Waals surface area contributed by atoms with Crippen LogP contribution >= 0.6 is 0 Å². The van der Waals surface area contributed by atoms with E-state index in [0.29, 0.717) is 12.1 Å². The number of hydrogen-bond donors (Lipinski definition) is 1. The van der Waals surface area contributed by atoms with Gasteiger partial charge in [0.05, 0.1) is 0 Å². The zero-order valence-corrected chi connectivity index (χ0v) is 14.1. The van der Waals surface area contributed by atoms with E-state index in [1.54, 1.807) is 0 Å². The van der Waals surface area contributed by atoms with Crippen molar-refractivity contribution in [3.63, 3.8) is 0 Å². The summed E-state index contributed by atoms with van der Waals surface area (Å²) in [5.74, 6) is 0. The maximum absolute atomic E-state index is 4.29. The summed E-state index contributed by atoms with van der Waals surface area (Å²) in [5.41, 5.74) is 1.39. The first kappa shape index (κ1) is 17.7. The molecule has 0 aromatic heterocycles. The summed E-state index contributed by atoms with van der Waals surface area (Å²) in [5, 5.41) is 3.73. The summed E-state index contributed by atoms with van der Waals surface area (Å²) in [6.45, 7) is 14.7. The Morgan fingerprint density at radius 1 is 1.05 bits per heavy atom. The van der Waals surface area contributed by atoms with Gasteiger partial charge in [0.2, 0.25) is 0 Å². The van der Waals surface area contributed by atoms with Gasteiger partial charge in [-0.2, -0.15) is 0 Å². The molecule has 2 atom stereocenters. The monoisotopic (exact) mass is 280 g/mol. The Bertz CT molecular complexity index is 262. The first-order chi connectivity index (χ1) is 9.70. The van der Waals surface area contributed by atoms with Gasteiger partial charge in [-0.15, -0.1) is 0 Å². The summed E-state index contributed by atoms with van der Waals surface area (Å²) in [6, 6.07) is 1.14. The molecule has 0 amide bonds. The highest BCUT2D eigenvalue weighted by Gasteiger charge is 2.32. The summed E-state index contributed by atoms with van der Waals surface area (Å²) in [6.07, 6.45) is 10.8. The van der Waals surface area contributed by atoms with Gasteiger partial charge >= 0.3 is 0 Å². The largest absolute Gasteiger partial charge is 0.309 e. The molecule has 1 heterocycles. The molecule has 0 radical (unpaired) electrons. The standard InChI is InChI=1S/C18H36N2/c1-5-7-9-11-13-19-18-16(3)15-20(17(18)4)14-12-10-8-6-2/h17-19H,3,5-15H2,1-2,4H3/t17-,18-/m0/s1. The second kappa shape index (κ2) is 10.4. The van der Waals surface area contributed by atoms with Crippen LogP contribution in [0.5, 0.6) is 0 Å². The third kappa shape index (κ3) is 5.97. The fourth-order valence-electron chi connectivity index (χ4n) is 3.20. The molecule has 1 aliphatic rings. The molecule has 0 unspecified atom stereocenters. The molecule has 1 saturated heterocycles. The summed E-state index contributed by atoms with van der Waals surface area (Å²) in [4.78, 5) is 2.61. The Kier molecular flexibility index (Phi) is 9.21. The minimum atomic E-state index is 0.516. The van der Waals surface area contributed by atoms with Gasteiger partial charge in [-0.25, -0.2) is 0 Å². The third-order valence-electron chi connectivity index (χ3n) is 4.60. The van der Waals surface area contributed by atoms with Crippen molar-refractivity contribution in [3.8, 4) is 0 Å². The molecule has 1 rings (SSSR count). The van der Waals surface area contributed by atoms with Crippen LogP contribution < -0.4 is 5.32 Å². The van der Waals surface area contributed by atoms with Gasteiger partial charge in [-0.1, -0.05) is 59.0 Å². The lowest BCUT2D eigenvalue weighted by atomic mass is 10.1. The topological polar surface area (TPSA) is 15.3 Å². The van der Waals surface area contributed by atoms with Gasteiger partial charge < -0.3 is 5.32 Å². The lowest BCUT2D eigenvalue weighted by Crippen LogP contribution is -2.41. The average molecular weight is 280 g/mol. The number of nitrogens with one attached hydrogen (secondary N) is 1. The number of unbranched alkanes of at least 4 members (excludes halogenated alkanes) is 6. The van der Waals surface area contributed by atoms with Gasteiger partial charge in [-0.05, 0) is 38.4 Å². The van der Waals surface area contributed by atoms with Crippen molar-refractivity contribution >= 4 is 0 Å². The van der Waals surface area contributed by atoms with Gasteiger partial charge in [0.1, 0.15) is 0 Å². The second-order valence-corrected chi connectivity index (χ2v) is 6.42. The minimum absolute atomic E-state index is 0.516. The Labute approximate surface area is 127 Å². The molecule has 118 valence electrons. The number of rotatable bonds is 11. The van der Waals surface area contributed by atoms with Crippen LogP contribution in [-0.2, 0) is 0 Å². The molecule has 0 spiro atoms. The molecule has 0 aromatic rings. The van der Waals surface area contributed by atoms with Crippen LogP contribution in [0, 0.1) is 0 Å². The Morgan fingerprint density at radius 3 is 2.35 bits per heavy atom. The average Bonchev–Trinajstić information content (AvgIpc) is 2.70. The normalized spacial score (nSPS) is 23.6. The Hall–Kier alpha value is -0.340. The van der Waals surface area contributed by atoms with Crippen molar-refractivity contribution in [1.29, 1.82) is 0 Å². The first-order valence-electron chi connectivity index (χ1n) is 8.85. The molecule has 1 N–H and O–H groups in total. The fourth-order valence-corrected chi connectivity index (χ4v) is 3.20. The van der Waals surface area contributed by atoms with Crippen molar-refractivity contribution < 1.29 is 0 Å². The molecular formula is C18H36N2. The van der Waals surface area contributed by atoms with Crippen LogP contribution in [0.25, 0.3) is 0 Å². The lowest BCUT2D eigenvalue weighted by Gasteiger charge is -2.24. The molecule has 0 aliphatic carbocycles.